The molecule has 0 aromatic rings. The monoisotopic (exact) mass is 194 g/mol. The van der Waals surface area contributed by atoms with Crippen molar-refractivity contribution in [2.75, 3.05) is 6.61 Å². The van der Waals surface area contributed by atoms with Crippen LogP contribution in [0.1, 0.15) is 38.5 Å². The molecular formula is C12H18O2. The van der Waals surface area contributed by atoms with Gasteiger partial charge >= 0.3 is 0 Å². The molecule has 1 aliphatic carbocycles. The molecule has 2 rings (SSSR count). The fraction of sp³-hybridized carbons (Fsp3) is 0.667. The number of hydrogen-bond acceptors (Lipinski definition) is 2. The first-order valence-electron chi connectivity index (χ1n) is 5.55. The van der Waals surface area contributed by atoms with Crippen LogP contribution >= 0.6 is 0 Å². The van der Waals surface area contributed by atoms with Crippen molar-refractivity contribution in [3.8, 4) is 0 Å². The molecule has 2 nitrogen and oxygen atoms in total. The van der Waals surface area contributed by atoms with Crippen molar-refractivity contribution < 1.29 is 9.84 Å². The fourth-order valence-corrected chi connectivity index (χ4v) is 2.11. The summed E-state index contributed by atoms with van der Waals surface area (Å²) in [5.41, 5.74) is 1.40. The Hall–Kier alpha value is -0.760. The van der Waals surface area contributed by atoms with Gasteiger partial charge in [-0.3, -0.25) is 0 Å². The van der Waals surface area contributed by atoms with Crippen LogP contribution in [0.3, 0.4) is 0 Å². The first-order chi connectivity index (χ1) is 6.86. The summed E-state index contributed by atoms with van der Waals surface area (Å²) in [7, 11) is 0. The summed E-state index contributed by atoms with van der Waals surface area (Å²) in [4.78, 5) is 0. The lowest BCUT2D eigenvalue weighted by atomic mass is 9.95. The van der Waals surface area contributed by atoms with Crippen molar-refractivity contribution in [2.45, 2.75) is 44.6 Å². The van der Waals surface area contributed by atoms with E-state index in [0.29, 0.717) is 0 Å². The van der Waals surface area contributed by atoms with E-state index in [0.717, 1.165) is 31.6 Å². The molecule has 0 aromatic heterocycles. The van der Waals surface area contributed by atoms with Gasteiger partial charge in [-0.15, -0.1) is 0 Å². The van der Waals surface area contributed by atoms with Gasteiger partial charge in [-0.25, -0.2) is 0 Å². The minimum Gasteiger partial charge on any atom is -0.495 e. The summed E-state index contributed by atoms with van der Waals surface area (Å²) in [6.07, 6.45) is 10.5. The maximum Gasteiger partial charge on any atom is 0.121 e. The molecule has 0 saturated heterocycles. The van der Waals surface area contributed by atoms with E-state index >= 15 is 0 Å². The normalized spacial score (nSPS) is 23.8. The Balaban J connectivity index is 1.86. The lowest BCUT2D eigenvalue weighted by Gasteiger charge is -2.17. The predicted octanol–water partition coefficient (Wildman–Crippen LogP) is 2.54. The highest BCUT2D eigenvalue weighted by atomic mass is 16.5. The third-order valence-corrected chi connectivity index (χ3v) is 2.90. The van der Waals surface area contributed by atoms with Crippen molar-refractivity contribution >= 4 is 0 Å². The fourth-order valence-electron chi connectivity index (χ4n) is 2.11. The highest BCUT2D eigenvalue weighted by Gasteiger charge is 2.17. The molecule has 2 aliphatic rings. The summed E-state index contributed by atoms with van der Waals surface area (Å²) in [5, 5.41) is 9.87. The number of aliphatic hydroxyl groups is 1. The molecule has 78 valence electrons. The van der Waals surface area contributed by atoms with E-state index in [9.17, 15) is 5.11 Å². The SMILES string of the molecule is OC(CC1=CCCCC1)C1=CCCO1. The third-order valence-electron chi connectivity index (χ3n) is 2.90. The molecule has 0 aromatic carbocycles. The van der Waals surface area contributed by atoms with Gasteiger partial charge in [-0.1, -0.05) is 11.6 Å². The summed E-state index contributed by atoms with van der Waals surface area (Å²) in [5.74, 6) is 0.788. The largest absolute Gasteiger partial charge is 0.495 e. The molecule has 0 amide bonds. The molecule has 1 atom stereocenters. The minimum absolute atomic E-state index is 0.401. The van der Waals surface area contributed by atoms with Gasteiger partial charge < -0.3 is 9.84 Å². The molecule has 1 aliphatic heterocycles. The molecule has 0 saturated carbocycles. The van der Waals surface area contributed by atoms with Crippen LogP contribution in [0.5, 0.6) is 0 Å². The van der Waals surface area contributed by atoms with Crippen molar-refractivity contribution in [3.63, 3.8) is 0 Å². The molecule has 14 heavy (non-hydrogen) atoms. The second-order valence-electron chi connectivity index (χ2n) is 4.07. The van der Waals surface area contributed by atoms with Gasteiger partial charge in [-0.2, -0.15) is 0 Å². The van der Waals surface area contributed by atoms with E-state index in [4.69, 9.17) is 4.74 Å². The quantitative estimate of drug-likeness (QED) is 0.700. The predicted molar refractivity (Wildman–Crippen MR) is 55.8 cm³/mol. The van der Waals surface area contributed by atoms with Crippen molar-refractivity contribution in [3.05, 3.63) is 23.5 Å². The zero-order valence-corrected chi connectivity index (χ0v) is 8.54. The van der Waals surface area contributed by atoms with E-state index in [1.807, 2.05) is 6.08 Å². The highest BCUT2D eigenvalue weighted by Crippen LogP contribution is 2.25. The van der Waals surface area contributed by atoms with Crippen LogP contribution in [0.15, 0.2) is 23.5 Å². The smallest absolute Gasteiger partial charge is 0.121 e. The lowest BCUT2D eigenvalue weighted by molar-refractivity contribution is 0.117. The van der Waals surface area contributed by atoms with Crippen LogP contribution in [0, 0.1) is 0 Å². The molecule has 0 fully saturated rings. The Morgan fingerprint density at radius 2 is 2.21 bits per heavy atom. The van der Waals surface area contributed by atoms with Crippen LogP contribution in [-0.2, 0) is 4.74 Å². The van der Waals surface area contributed by atoms with Gasteiger partial charge in [0.05, 0.1) is 6.61 Å². The molecule has 0 spiro atoms. The molecule has 1 unspecified atom stereocenters. The molecule has 2 heteroatoms. The Bertz CT molecular complexity index is 253. The Morgan fingerprint density at radius 1 is 1.29 bits per heavy atom. The van der Waals surface area contributed by atoms with Gasteiger partial charge in [0.15, 0.2) is 0 Å². The number of hydrogen-bond donors (Lipinski definition) is 1. The van der Waals surface area contributed by atoms with Crippen LogP contribution in [0.4, 0.5) is 0 Å². The van der Waals surface area contributed by atoms with Crippen molar-refractivity contribution in [2.24, 2.45) is 0 Å². The number of rotatable bonds is 3. The zero-order valence-electron chi connectivity index (χ0n) is 8.54. The third kappa shape index (κ3) is 2.38. The summed E-state index contributed by atoms with van der Waals surface area (Å²) < 4.78 is 5.34. The molecule has 1 N–H and O–H groups in total. The maximum absolute atomic E-state index is 9.87. The summed E-state index contributed by atoms with van der Waals surface area (Å²) in [6.45, 7) is 0.742. The summed E-state index contributed by atoms with van der Waals surface area (Å²) >= 11 is 0. The van der Waals surface area contributed by atoms with Crippen LogP contribution < -0.4 is 0 Å². The van der Waals surface area contributed by atoms with E-state index in [1.54, 1.807) is 0 Å². The van der Waals surface area contributed by atoms with Gasteiger partial charge in [0.1, 0.15) is 11.9 Å². The topological polar surface area (TPSA) is 29.5 Å². The molecule has 0 radical (unpaired) electrons. The maximum atomic E-state index is 9.87. The second kappa shape index (κ2) is 4.65. The minimum atomic E-state index is -0.401. The first-order valence-corrected chi connectivity index (χ1v) is 5.55. The van der Waals surface area contributed by atoms with Crippen LogP contribution in [0.2, 0.25) is 0 Å². The van der Waals surface area contributed by atoms with Gasteiger partial charge in [-0.05, 0) is 31.8 Å². The van der Waals surface area contributed by atoms with Gasteiger partial charge in [0, 0.05) is 12.8 Å². The van der Waals surface area contributed by atoms with E-state index in [-0.39, 0.29) is 0 Å². The average Bonchev–Trinajstić information content (AvgIpc) is 2.72. The number of aliphatic hydroxyl groups excluding tert-OH is 1. The number of allylic oxidation sites excluding steroid dienone is 1. The second-order valence-corrected chi connectivity index (χ2v) is 4.07. The average molecular weight is 194 g/mol. The lowest BCUT2D eigenvalue weighted by Crippen LogP contribution is -2.12. The highest BCUT2D eigenvalue weighted by molar-refractivity contribution is 5.13. The van der Waals surface area contributed by atoms with Gasteiger partial charge in [0.25, 0.3) is 0 Å². The zero-order chi connectivity index (χ0) is 9.80. The first kappa shape index (κ1) is 9.78. The van der Waals surface area contributed by atoms with Gasteiger partial charge in [0.2, 0.25) is 0 Å². The molecule has 1 heterocycles. The van der Waals surface area contributed by atoms with Crippen LogP contribution in [0.25, 0.3) is 0 Å². The number of ether oxygens (including phenoxy) is 1. The molecule has 0 bridgehead atoms. The Labute approximate surface area is 85.3 Å². The Morgan fingerprint density at radius 3 is 2.86 bits per heavy atom. The molecular weight excluding hydrogens is 176 g/mol. The standard InChI is InChI=1S/C12H18O2/c13-11(12-7-4-8-14-12)9-10-5-2-1-3-6-10/h5,7,11,13H,1-4,6,8-9H2. The van der Waals surface area contributed by atoms with E-state index in [2.05, 4.69) is 6.08 Å². The van der Waals surface area contributed by atoms with E-state index in [1.165, 1.54) is 24.8 Å². The van der Waals surface area contributed by atoms with Crippen LogP contribution in [-0.4, -0.2) is 17.8 Å². The Kier molecular flexibility index (Phi) is 3.25. The van der Waals surface area contributed by atoms with E-state index < -0.39 is 6.10 Å². The van der Waals surface area contributed by atoms with Crippen molar-refractivity contribution in [1.82, 2.24) is 0 Å². The summed E-state index contributed by atoms with van der Waals surface area (Å²) in [6, 6.07) is 0. The van der Waals surface area contributed by atoms with Crippen molar-refractivity contribution in [1.29, 1.82) is 0 Å².